The van der Waals surface area contributed by atoms with Crippen molar-refractivity contribution in [1.29, 1.82) is 5.26 Å². The molecule has 0 spiro atoms. The summed E-state index contributed by atoms with van der Waals surface area (Å²) in [5.41, 5.74) is 0.935. The molecule has 24 heavy (non-hydrogen) atoms. The van der Waals surface area contributed by atoms with E-state index in [9.17, 15) is 0 Å². The molecule has 0 aromatic carbocycles. The number of unbranched alkanes of at least 4 members (excludes halogenated alkanes) is 3. The Kier molecular flexibility index (Phi) is 11.2. The fourth-order valence-electron chi connectivity index (χ4n) is 3.10. The van der Waals surface area contributed by atoms with Gasteiger partial charge in [0.15, 0.2) is 0 Å². The zero-order valence-corrected chi connectivity index (χ0v) is 18.6. The molecule has 0 amide bonds. The number of oxime groups is 1. The zero-order valence-electron chi connectivity index (χ0n) is 15.8. The number of nitriles is 1. The molecule has 0 radical (unpaired) electrons. The maximum atomic E-state index is 9.02. The van der Waals surface area contributed by atoms with Crippen molar-refractivity contribution in [3.8, 4) is 6.07 Å². The van der Waals surface area contributed by atoms with Crippen molar-refractivity contribution in [2.75, 3.05) is 0 Å². The minimum atomic E-state index is -2.69. The van der Waals surface area contributed by atoms with Gasteiger partial charge in [-0.25, -0.2) is 0 Å². The van der Waals surface area contributed by atoms with Gasteiger partial charge in [-0.1, -0.05) is 0 Å². The maximum absolute atomic E-state index is 9.02. The first-order chi connectivity index (χ1) is 11.7. The second kappa shape index (κ2) is 12.6. The topological polar surface area (TPSA) is 45.4 Å². The van der Waals surface area contributed by atoms with Crippen molar-refractivity contribution in [1.82, 2.24) is 0 Å². The molecule has 0 aliphatic heterocycles. The van der Waals surface area contributed by atoms with E-state index in [4.69, 9.17) is 8.44 Å². The molecule has 4 heteroatoms. The molecule has 0 saturated heterocycles. The number of nitrogens with zero attached hydrogens (tertiary/aromatic N) is 2. The average Bonchev–Trinajstić information content (AvgIpc) is 2.62. The van der Waals surface area contributed by atoms with Crippen molar-refractivity contribution < 1.29 is 3.17 Å². The third kappa shape index (κ3) is 7.42. The van der Waals surface area contributed by atoms with Gasteiger partial charge in [-0.3, -0.25) is 0 Å². The molecule has 0 saturated carbocycles. The summed E-state index contributed by atoms with van der Waals surface area (Å²) in [6.07, 6.45) is 16.1. The third-order valence-corrected chi connectivity index (χ3v) is 16.9. The Morgan fingerprint density at radius 1 is 1.04 bits per heavy atom. The quantitative estimate of drug-likeness (QED) is 0.264. The molecule has 1 unspecified atom stereocenters. The van der Waals surface area contributed by atoms with Gasteiger partial charge in [-0.2, -0.15) is 0 Å². The molecule has 134 valence electrons. The summed E-state index contributed by atoms with van der Waals surface area (Å²) in [5, 5.41) is 13.7. The van der Waals surface area contributed by atoms with Crippen molar-refractivity contribution in [3.05, 3.63) is 24.3 Å². The van der Waals surface area contributed by atoms with Gasteiger partial charge in [0.25, 0.3) is 0 Å². The predicted molar refractivity (Wildman–Crippen MR) is 105 cm³/mol. The first-order valence-corrected chi connectivity index (χ1v) is 16.9. The first-order valence-electron chi connectivity index (χ1n) is 9.69. The van der Waals surface area contributed by atoms with Gasteiger partial charge in [0.05, 0.1) is 0 Å². The minimum absolute atomic E-state index is 0.0903. The van der Waals surface area contributed by atoms with E-state index in [0.717, 1.165) is 5.71 Å². The normalized spacial score (nSPS) is 18.8. The van der Waals surface area contributed by atoms with Crippen molar-refractivity contribution in [2.24, 2.45) is 11.1 Å². The molecule has 0 aromatic heterocycles. The summed E-state index contributed by atoms with van der Waals surface area (Å²) >= 11 is -2.69. The van der Waals surface area contributed by atoms with E-state index in [2.05, 4.69) is 38.1 Å². The summed E-state index contributed by atoms with van der Waals surface area (Å²) in [7, 11) is 0. The van der Waals surface area contributed by atoms with E-state index >= 15 is 0 Å². The van der Waals surface area contributed by atoms with Crippen molar-refractivity contribution in [3.63, 3.8) is 0 Å². The van der Waals surface area contributed by atoms with E-state index in [1.54, 1.807) is 0 Å². The van der Waals surface area contributed by atoms with E-state index in [-0.39, 0.29) is 5.92 Å². The van der Waals surface area contributed by atoms with Crippen LogP contribution in [-0.4, -0.2) is 24.5 Å². The van der Waals surface area contributed by atoms with Gasteiger partial charge in [-0.15, -0.1) is 0 Å². The number of allylic oxidation sites excluding steroid dienone is 4. The Morgan fingerprint density at radius 3 is 2.12 bits per heavy atom. The molecule has 3 nitrogen and oxygen atoms in total. The molecule has 0 aromatic rings. The molecule has 0 fully saturated rings. The van der Waals surface area contributed by atoms with Crippen LogP contribution in [0.4, 0.5) is 0 Å². The Labute approximate surface area is 153 Å². The van der Waals surface area contributed by atoms with Crippen LogP contribution in [0.15, 0.2) is 29.5 Å². The van der Waals surface area contributed by atoms with Gasteiger partial charge in [0, 0.05) is 0 Å². The van der Waals surface area contributed by atoms with Crippen LogP contribution in [-0.2, 0) is 3.17 Å². The summed E-state index contributed by atoms with van der Waals surface area (Å²) < 4.78 is 10.3. The van der Waals surface area contributed by atoms with E-state index < -0.39 is 18.8 Å². The Balaban J connectivity index is 2.91. The van der Waals surface area contributed by atoms with Crippen molar-refractivity contribution in [2.45, 2.75) is 79.0 Å². The third-order valence-electron chi connectivity index (χ3n) is 4.72. The van der Waals surface area contributed by atoms with Gasteiger partial charge in [0.1, 0.15) is 0 Å². The van der Waals surface area contributed by atoms with E-state index in [1.165, 1.54) is 51.8 Å². The average molecular weight is 437 g/mol. The SMILES string of the molecule is CCC[CH2][Sn]([CH2]CCC)([CH2]CCC)[O]N=C1C=CC=CC1CC#N. The molecule has 0 heterocycles. The number of hydrogen-bond acceptors (Lipinski definition) is 3. The summed E-state index contributed by atoms with van der Waals surface area (Å²) in [4.78, 5) is 0. The zero-order chi connectivity index (χ0) is 17.7. The first kappa shape index (κ1) is 21.3. The van der Waals surface area contributed by atoms with Gasteiger partial charge < -0.3 is 0 Å². The fraction of sp³-hybridized carbons (Fsp3) is 0.700. The van der Waals surface area contributed by atoms with E-state index in [0.29, 0.717) is 6.42 Å². The molecule has 1 aliphatic carbocycles. The molecule has 0 bridgehead atoms. The van der Waals surface area contributed by atoms with Crippen LogP contribution in [0.5, 0.6) is 0 Å². The second-order valence-corrected chi connectivity index (χ2v) is 18.4. The standard InChI is InChI=1S/C8H8N2O.3C4H9.Sn/c9-6-5-7-3-1-2-4-8(7)10-11;3*1-3-4-2;/h1-4,7,11H,5H2;3*1,3-4H2,2H3;/q;;;;+1/p-1. The van der Waals surface area contributed by atoms with Crippen LogP contribution in [0.1, 0.15) is 65.7 Å². The Hall–Kier alpha value is -0.761. The van der Waals surface area contributed by atoms with E-state index in [1.807, 2.05) is 18.2 Å². The van der Waals surface area contributed by atoms with Gasteiger partial charge >= 0.3 is 153 Å². The van der Waals surface area contributed by atoms with Crippen LogP contribution in [0.25, 0.3) is 0 Å². The van der Waals surface area contributed by atoms with Crippen molar-refractivity contribution >= 4 is 24.5 Å². The fourth-order valence-corrected chi connectivity index (χ4v) is 15.4. The molecule has 1 aliphatic rings. The van der Waals surface area contributed by atoms with Crippen LogP contribution < -0.4 is 0 Å². The number of hydrogen-bond donors (Lipinski definition) is 0. The van der Waals surface area contributed by atoms with Crippen LogP contribution in [0.2, 0.25) is 13.3 Å². The molecule has 1 rings (SSSR count). The van der Waals surface area contributed by atoms with Crippen LogP contribution in [0, 0.1) is 17.2 Å². The predicted octanol–water partition coefficient (Wildman–Crippen LogP) is 6.36. The summed E-state index contributed by atoms with van der Waals surface area (Å²) in [5.74, 6) is 0.0903. The molecule has 0 N–H and O–H groups in total. The molecule has 1 atom stereocenters. The summed E-state index contributed by atoms with van der Waals surface area (Å²) in [6, 6.07) is 2.26. The second-order valence-electron chi connectivity index (χ2n) is 6.81. The Bertz CT molecular complexity index is 455. The molecular formula is C20H34N2OSn. The van der Waals surface area contributed by atoms with Crippen LogP contribution >= 0.6 is 0 Å². The monoisotopic (exact) mass is 438 g/mol. The number of rotatable bonds is 12. The Morgan fingerprint density at radius 2 is 1.62 bits per heavy atom. The molecular weight excluding hydrogens is 403 g/mol. The van der Waals surface area contributed by atoms with Gasteiger partial charge in [0.2, 0.25) is 0 Å². The van der Waals surface area contributed by atoms with Gasteiger partial charge in [-0.05, 0) is 0 Å². The summed E-state index contributed by atoms with van der Waals surface area (Å²) in [6.45, 7) is 6.79. The van der Waals surface area contributed by atoms with Crippen LogP contribution in [0.3, 0.4) is 0 Å².